The molecule has 1 aromatic heterocycles. The molecule has 2 heterocycles. The molecule has 1 aromatic carbocycles. The zero-order chi connectivity index (χ0) is 16.2. The van der Waals surface area contributed by atoms with Gasteiger partial charge in [-0.1, -0.05) is 18.2 Å². The lowest BCUT2D eigenvalue weighted by molar-refractivity contribution is -0.120. The molecule has 1 amide bonds. The summed E-state index contributed by atoms with van der Waals surface area (Å²) in [4.78, 5) is 26.2. The third-order valence-corrected chi connectivity index (χ3v) is 4.15. The molecule has 1 N–H and O–H groups in total. The Hall–Kier alpha value is -2.63. The van der Waals surface area contributed by atoms with Crippen LogP contribution < -0.4 is 15.8 Å². The number of nitrogens with one attached hydrogen (secondary N) is 1. The smallest absolute Gasteiger partial charge is 0.268 e. The van der Waals surface area contributed by atoms with E-state index < -0.39 is 0 Å². The third-order valence-electron chi connectivity index (χ3n) is 4.15. The predicted molar refractivity (Wildman–Crippen MR) is 89.5 cm³/mol. The van der Waals surface area contributed by atoms with Crippen molar-refractivity contribution in [3.05, 3.63) is 52.9 Å². The number of nitrogens with zero attached hydrogens (tertiary/aromatic N) is 3. The molecule has 1 aliphatic heterocycles. The molecule has 1 atom stereocenters. The standard InChI is InChI=1S/C17H20N4O2/c1-20-16(22)10-15(11-18-20)21-9-5-6-13(12-21)17(23)19-14-7-3-2-4-8-14/h2-4,7-8,10-11,13H,5-6,9,12H2,1H3,(H,19,23). The predicted octanol–water partition coefficient (Wildman–Crippen LogP) is 1.64. The zero-order valence-corrected chi connectivity index (χ0v) is 13.1. The van der Waals surface area contributed by atoms with E-state index in [1.54, 1.807) is 19.3 Å². The number of rotatable bonds is 3. The molecule has 1 aliphatic rings. The maximum absolute atomic E-state index is 12.4. The van der Waals surface area contributed by atoms with Crippen molar-refractivity contribution < 1.29 is 4.79 Å². The molecule has 2 aromatic rings. The van der Waals surface area contributed by atoms with Crippen LogP contribution in [0.5, 0.6) is 0 Å². The number of benzene rings is 1. The highest BCUT2D eigenvalue weighted by Gasteiger charge is 2.26. The van der Waals surface area contributed by atoms with Crippen molar-refractivity contribution in [1.82, 2.24) is 9.78 Å². The van der Waals surface area contributed by atoms with E-state index in [1.807, 2.05) is 30.3 Å². The Bertz CT molecular complexity index is 742. The highest BCUT2D eigenvalue weighted by atomic mass is 16.2. The van der Waals surface area contributed by atoms with Gasteiger partial charge in [-0.15, -0.1) is 0 Å². The van der Waals surface area contributed by atoms with E-state index in [2.05, 4.69) is 15.3 Å². The van der Waals surface area contributed by atoms with Crippen LogP contribution >= 0.6 is 0 Å². The first-order valence-electron chi connectivity index (χ1n) is 7.78. The quantitative estimate of drug-likeness (QED) is 0.935. The van der Waals surface area contributed by atoms with Crippen molar-refractivity contribution in [2.45, 2.75) is 12.8 Å². The summed E-state index contributed by atoms with van der Waals surface area (Å²) in [5, 5.41) is 7.01. The van der Waals surface area contributed by atoms with E-state index in [0.717, 1.165) is 30.8 Å². The lowest BCUT2D eigenvalue weighted by Crippen LogP contribution is -2.41. The van der Waals surface area contributed by atoms with Crippen molar-refractivity contribution in [3.63, 3.8) is 0 Å². The van der Waals surface area contributed by atoms with Gasteiger partial charge in [0.25, 0.3) is 5.56 Å². The summed E-state index contributed by atoms with van der Waals surface area (Å²) >= 11 is 0. The number of amides is 1. The average Bonchev–Trinajstić information content (AvgIpc) is 2.58. The second-order valence-electron chi connectivity index (χ2n) is 5.82. The van der Waals surface area contributed by atoms with Crippen molar-refractivity contribution in [1.29, 1.82) is 0 Å². The van der Waals surface area contributed by atoms with Gasteiger partial charge in [-0.25, -0.2) is 4.68 Å². The Morgan fingerprint density at radius 2 is 2.09 bits per heavy atom. The van der Waals surface area contributed by atoms with E-state index in [1.165, 1.54) is 4.68 Å². The SMILES string of the molecule is Cn1ncc(N2CCCC(C(=O)Nc3ccccc3)C2)cc1=O. The Morgan fingerprint density at radius 3 is 2.83 bits per heavy atom. The number of piperidine rings is 1. The minimum atomic E-state index is -0.140. The van der Waals surface area contributed by atoms with Gasteiger partial charge in [0, 0.05) is 31.9 Å². The summed E-state index contributed by atoms with van der Waals surface area (Å²) in [6.07, 6.45) is 3.45. The molecule has 3 rings (SSSR count). The maximum Gasteiger partial charge on any atom is 0.268 e. The summed E-state index contributed by atoms with van der Waals surface area (Å²) in [6.45, 7) is 1.44. The third kappa shape index (κ3) is 3.59. The molecular weight excluding hydrogens is 292 g/mol. The summed E-state index contributed by atoms with van der Waals surface area (Å²) in [7, 11) is 1.62. The van der Waals surface area contributed by atoms with Crippen LogP contribution in [0.15, 0.2) is 47.4 Å². The lowest BCUT2D eigenvalue weighted by atomic mass is 9.96. The van der Waals surface area contributed by atoms with Crippen LogP contribution in [-0.4, -0.2) is 28.8 Å². The van der Waals surface area contributed by atoms with Gasteiger partial charge in [0.15, 0.2) is 0 Å². The highest BCUT2D eigenvalue weighted by molar-refractivity contribution is 5.93. The fraction of sp³-hybridized carbons (Fsp3) is 0.353. The molecular formula is C17H20N4O2. The van der Waals surface area contributed by atoms with Gasteiger partial charge in [-0.05, 0) is 25.0 Å². The molecule has 1 unspecified atom stereocenters. The first-order chi connectivity index (χ1) is 11.1. The normalized spacial score (nSPS) is 17.8. The number of aryl methyl sites for hydroxylation is 1. The molecule has 6 nitrogen and oxygen atoms in total. The number of hydrogen-bond donors (Lipinski definition) is 1. The molecule has 120 valence electrons. The van der Waals surface area contributed by atoms with Gasteiger partial charge in [0.05, 0.1) is 17.8 Å². The summed E-state index contributed by atoms with van der Waals surface area (Å²) in [6, 6.07) is 11.0. The van der Waals surface area contributed by atoms with Gasteiger partial charge < -0.3 is 10.2 Å². The van der Waals surface area contributed by atoms with Crippen LogP contribution in [-0.2, 0) is 11.8 Å². The van der Waals surface area contributed by atoms with Crippen LogP contribution in [0.3, 0.4) is 0 Å². The Balaban J connectivity index is 1.69. The molecule has 6 heteroatoms. The second-order valence-corrected chi connectivity index (χ2v) is 5.82. The van der Waals surface area contributed by atoms with Crippen LogP contribution in [0.1, 0.15) is 12.8 Å². The van der Waals surface area contributed by atoms with Crippen molar-refractivity contribution >= 4 is 17.3 Å². The van der Waals surface area contributed by atoms with Gasteiger partial charge >= 0.3 is 0 Å². The fourth-order valence-electron chi connectivity index (χ4n) is 2.82. The second kappa shape index (κ2) is 6.64. The zero-order valence-electron chi connectivity index (χ0n) is 13.1. The van der Waals surface area contributed by atoms with Gasteiger partial charge in [-0.3, -0.25) is 9.59 Å². The van der Waals surface area contributed by atoms with E-state index >= 15 is 0 Å². The molecule has 1 saturated heterocycles. The topological polar surface area (TPSA) is 67.2 Å². The van der Waals surface area contributed by atoms with Crippen molar-refractivity contribution in [2.75, 3.05) is 23.3 Å². The molecule has 0 radical (unpaired) electrons. The largest absolute Gasteiger partial charge is 0.369 e. The fourth-order valence-corrected chi connectivity index (χ4v) is 2.82. The number of hydrogen-bond acceptors (Lipinski definition) is 4. The van der Waals surface area contributed by atoms with Crippen LogP contribution in [0, 0.1) is 5.92 Å². The number of carbonyl (C=O) groups is 1. The summed E-state index contributed by atoms with van der Waals surface area (Å²) in [5.41, 5.74) is 1.45. The molecule has 23 heavy (non-hydrogen) atoms. The first kappa shape index (κ1) is 15.3. The molecule has 0 saturated carbocycles. The number of aromatic nitrogens is 2. The number of carbonyl (C=O) groups excluding carboxylic acids is 1. The van der Waals surface area contributed by atoms with E-state index in [9.17, 15) is 9.59 Å². The van der Waals surface area contributed by atoms with Crippen LogP contribution in [0.4, 0.5) is 11.4 Å². The minimum absolute atomic E-state index is 0.0256. The van der Waals surface area contributed by atoms with E-state index in [0.29, 0.717) is 6.54 Å². The Labute approximate surface area is 134 Å². The van der Waals surface area contributed by atoms with Crippen molar-refractivity contribution in [2.24, 2.45) is 13.0 Å². The van der Waals surface area contributed by atoms with Crippen molar-refractivity contribution in [3.8, 4) is 0 Å². The average molecular weight is 312 g/mol. The van der Waals surface area contributed by atoms with Crippen LogP contribution in [0.25, 0.3) is 0 Å². The van der Waals surface area contributed by atoms with Gasteiger partial charge in [0.1, 0.15) is 0 Å². The summed E-state index contributed by atoms with van der Waals surface area (Å²) in [5.74, 6) is -0.0642. The Kier molecular flexibility index (Phi) is 4.41. The minimum Gasteiger partial charge on any atom is -0.369 e. The van der Waals surface area contributed by atoms with Crippen LogP contribution in [0.2, 0.25) is 0 Å². The maximum atomic E-state index is 12.4. The molecule has 0 aliphatic carbocycles. The first-order valence-corrected chi connectivity index (χ1v) is 7.78. The number of anilines is 2. The summed E-state index contributed by atoms with van der Waals surface area (Å²) < 4.78 is 1.30. The van der Waals surface area contributed by atoms with E-state index in [4.69, 9.17) is 0 Å². The van der Waals surface area contributed by atoms with Gasteiger partial charge in [-0.2, -0.15) is 5.10 Å². The highest BCUT2D eigenvalue weighted by Crippen LogP contribution is 2.22. The monoisotopic (exact) mass is 312 g/mol. The molecule has 0 spiro atoms. The van der Waals surface area contributed by atoms with Gasteiger partial charge in [0.2, 0.25) is 5.91 Å². The Morgan fingerprint density at radius 1 is 1.30 bits per heavy atom. The number of para-hydroxylation sites is 1. The van der Waals surface area contributed by atoms with E-state index in [-0.39, 0.29) is 17.4 Å². The molecule has 1 fully saturated rings. The lowest BCUT2D eigenvalue weighted by Gasteiger charge is -2.33. The molecule has 0 bridgehead atoms.